The first-order valence-electron chi connectivity index (χ1n) is 11.9. The molecule has 7 nitrogen and oxygen atoms in total. The van der Waals surface area contributed by atoms with Crippen molar-refractivity contribution >= 4 is 8.80 Å². The molecule has 0 aromatic rings. The van der Waals surface area contributed by atoms with Crippen LogP contribution in [-0.4, -0.2) is 72.5 Å². The zero-order valence-corrected chi connectivity index (χ0v) is 20.5. The molecule has 0 amide bonds. The second kappa shape index (κ2) is 11.2. The third-order valence-electron chi connectivity index (χ3n) is 6.27. The molecule has 3 rings (SSSR count). The Morgan fingerprint density at radius 3 is 2.53 bits per heavy atom. The number of fused-ring (bicyclic) bond motifs is 1. The van der Waals surface area contributed by atoms with E-state index in [2.05, 4.69) is 6.92 Å². The van der Waals surface area contributed by atoms with Gasteiger partial charge in [0.1, 0.15) is 6.10 Å². The van der Waals surface area contributed by atoms with Crippen LogP contribution in [0.5, 0.6) is 0 Å². The van der Waals surface area contributed by atoms with Crippen molar-refractivity contribution in [1.29, 1.82) is 0 Å². The minimum absolute atomic E-state index is 0.0384. The molecular weight excluding hydrogens is 404 g/mol. The SMILES string of the molecule is CCOC(CCCCOCC1CO1)(O[Si](CC)(OC)OC(C)C)C1CCC2OC2C1. The van der Waals surface area contributed by atoms with Crippen LogP contribution in [0.2, 0.25) is 6.04 Å². The van der Waals surface area contributed by atoms with Gasteiger partial charge in [-0.3, -0.25) is 0 Å². The molecule has 6 unspecified atom stereocenters. The van der Waals surface area contributed by atoms with Gasteiger partial charge in [-0.1, -0.05) is 6.92 Å². The normalized spacial score (nSPS) is 31.8. The fourth-order valence-electron chi connectivity index (χ4n) is 4.60. The molecule has 1 saturated carbocycles. The molecule has 1 aliphatic carbocycles. The van der Waals surface area contributed by atoms with E-state index in [0.29, 0.717) is 31.5 Å². The summed E-state index contributed by atoms with van der Waals surface area (Å²) in [5.74, 6) is -0.412. The lowest BCUT2D eigenvalue weighted by Gasteiger charge is -2.46. The van der Waals surface area contributed by atoms with Gasteiger partial charge in [0.2, 0.25) is 0 Å². The average Bonchev–Trinajstić information content (AvgIpc) is 3.64. The zero-order chi connectivity index (χ0) is 21.6. The first kappa shape index (κ1) is 24.6. The number of ether oxygens (including phenoxy) is 4. The molecule has 2 heterocycles. The monoisotopic (exact) mass is 446 g/mol. The van der Waals surface area contributed by atoms with E-state index in [4.69, 9.17) is 32.2 Å². The molecule has 0 N–H and O–H groups in total. The molecule has 0 radical (unpaired) electrons. The van der Waals surface area contributed by atoms with Crippen LogP contribution in [0, 0.1) is 5.92 Å². The summed E-state index contributed by atoms with van der Waals surface area (Å²) < 4.78 is 42.4. The molecule has 30 heavy (non-hydrogen) atoms. The topological polar surface area (TPSA) is 71.2 Å². The maximum Gasteiger partial charge on any atom is 0.502 e. The van der Waals surface area contributed by atoms with Crippen LogP contribution in [0.4, 0.5) is 0 Å². The lowest BCUT2D eigenvalue weighted by atomic mass is 9.81. The first-order chi connectivity index (χ1) is 14.5. The smallest absolute Gasteiger partial charge is 0.379 e. The van der Waals surface area contributed by atoms with Crippen LogP contribution in [0.1, 0.15) is 66.2 Å². The predicted molar refractivity (Wildman–Crippen MR) is 115 cm³/mol. The van der Waals surface area contributed by atoms with Gasteiger partial charge in [0, 0.05) is 44.8 Å². The highest BCUT2D eigenvalue weighted by Gasteiger charge is 2.56. The molecule has 2 saturated heterocycles. The summed E-state index contributed by atoms with van der Waals surface area (Å²) in [7, 11) is -1.16. The summed E-state index contributed by atoms with van der Waals surface area (Å²) in [5, 5.41) is 0. The molecule has 0 aromatic carbocycles. The van der Waals surface area contributed by atoms with E-state index in [0.717, 1.165) is 57.8 Å². The average molecular weight is 447 g/mol. The lowest BCUT2D eigenvalue weighted by molar-refractivity contribution is -0.249. The Kier molecular flexibility index (Phi) is 9.16. The van der Waals surface area contributed by atoms with Crippen molar-refractivity contribution in [2.24, 2.45) is 5.92 Å². The molecule has 0 spiro atoms. The van der Waals surface area contributed by atoms with Gasteiger partial charge in [0.15, 0.2) is 5.79 Å². The molecule has 176 valence electrons. The van der Waals surface area contributed by atoms with Crippen molar-refractivity contribution in [2.45, 2.75) is 102 Å². The number of hydrogen-bond donors (Lipinski definition) is 0. The van der Waals surface area contributed by atoms with E-state index in [1.807, 2.05) is 20.8 Å². The molecule has 8 heteroatoms. The zero-order valence-electron chi connectivity index (χ0n) is 19.5. The van der Waals surface area contributed by atoms with Gasteiger partial charge in [-0.25, -0.2) is 0 Å². The molecule has 2 aliphatic heterocycles. The minimum atomic E-state index is -2.87. The van der Waals surface area contributed by atoms with Gasteiger partial charge in [-0.05, 0) is 52.9 Å². The summed E-state index contributed by atoms with van der Waals surface area (Å²) in [6.45, 7) is 11.1. The number of hydrogen-bond acceptors (Lipinski definition) is 7. The van der Waals surface area contributed by atoms with Crippen LogP contribution in [-0.2, 0) is 32.2 Å². The molecule has 0 aromatic heterocycles. The van der Waals surface area contributed by atoms with E-state index in [9.17, 15) is 0 Å². The molecule has 6 atom stereocenters. The van der Waals surface area contributed by atoms with Crippen molar-refractivity contribution in [3.8, 4) is 0 Å². The van der Waals surface area contributed by atoms with Crippen LogP contribution in [0.25, 0.3) is 0 Å². The third kappa shape index (κ3) is 6.72. The number of rotatable bonds is 16. The largest absolute Gasteiger partial charge is 0.502 e. The van der Waals surface area contributed by atoms with Gasteiger partial charge in [0.05, 0.1) is 25.4 Å². The summed E-state index contributed by atoms with van der Waals surface area (Å²) in [6.07, 6.45) is 7.03. The van der Waals surface area contributed by atoms with E-state index in [-0.39, 0.29) is 12.0 Å². The highest BCUT2D eigenvalue weighted by molar-refractivity contribution is 6.60. The van der Waals surface area contributed by atoms with Crippen molar-refractivity contribution in [2.75, 3.05) is 33.5 Å². The summed E-state index contributed by atoms with van der Waals surface area (Å²) in [4.78, 5) is 0. The Balaban J connectivity index is 1.68. The Labute approximate surface area is 183 Å². The first-order valence-corrected chi connectivity index (χ1v) is 13.8. The van der Waals surface area contributed by atoms with Crippen LogP contribution in [0.15, 0.2) is 0 Å². The second-order valence-corrected chi connectivity index (χ2v) is 11.9. The van der Waals surface area contributed by atoms with Crippen molar-refractivity contribution in [1.82, 2.24) is 0 Å². The summed E-state index contributed by atoms with van der Waals surface area (Å²) in [6, 6.07) is 0.719. The van der Waals surface area contributed by atoms with Crippen LogP contribution < -0.4 is 0 Å². The van der Waals surface area contributed by atoms with E-state index in [1.165, 1.54) is 0 Å². The van der Waals surface area contributed by atoms with Gasteiger partial charge in [0.25, 0.3) is 0 Å². The maximum atomic E-state index is 6.89. The highest BCUT2D eigenvalue weighted by atomic mass is 28.4. The van der Waals surface area contributed by atoms with Gasteiger partial charge in [-0.15, -0.1) is 0 Å². The second-order valence-electron chi connectivity index (χ2n) is 8.96. The molecule has 3 fully saturated rings. The van der Waals surface area contributed by atoms with Crippen LogP contribution >= 0.6 is 0 Å². The Morgan fingerprint density at radius 1 is 1.13 bits per heavy atom. The quantitative estimate of drug-likeness (QED) is 0.154. The Morgan fingerprint density at radius 2 is 1.93 bits per heavy atom. The standard InChI is InChI=1S/C22H42O7Si/c1-6-26-22(18-10-11-20-21(14-18)27-20,12-8-9-13-24-15-19-16-25-19)29-30(7-2,23-5)28-17(3)4/h17-21H,6-16H2,1-5H3. The number of unbranched alkanes of at least 4 members (excludes halogenated alkanes) is 1. The van der Waals surface area contributed by atoms with Crippen molar-refractivity contribution in [3.63, 3.8) is 0 Å². The van der Waals surface area contributed by atoms with E-state index in [1.54, 1.807) is 7.11 Å². The van der Waals surface area contributed by atoms with Crippen molar-refractivity contribution < 1.29 is 32.2 Å². The Bertz CT molecular complexity index is 512. The van der Waals surface area contributed by atoms with Gasteiger partial charge < -0.3 is 32.2 Å². The summed E-state index contributed by atoms with van der Waals surface area (Å²) >= 11 is 0. The van der Waals surface area contributed by atoms with Gasteiger partial charge >= 0.3 is 8.80 Å². The predicted octanol–water partition coefficient (Wildman–Crippen LogP) is 3.92. The van der Waals surface area contributed by atoms with Crippen molar-refractivity contribution in [3.05, 3.63) is 0 Å². The Hall–Kier alpha value is -0.0631. The summed E-state index contributed by atoms with van der Waals surface area (Å²) in [5.41, 5.74) is 0. The molecule has 3 aliphatic rings. The third-order valence-corrected chi connectivity index (χ3v) is 9.25. The van der Waals surface area contributed by atoms with E-state index < -0.39 is 14.6 Å². The maximum absolute atomic E-state index is 6.89. The number of epoxide rings is 2. The van der Waals surface area contributed by atoms with Crippen LogP contribution in [0.3, 0.4) is 0 Å². The fourth-order valence-corrected chi connectivity index (χ4v) is 7.00. The van der Waals surface area contributed by atoms with Gasteiger partial charge in [-0.2, -0.15) is 0 Å². The molecular formula is C22H42O7Si. The van der Waals surface area contributed by atoms with E-state index >= 15 is 0 Å². The minimum Gasteiger partial charge on any atom is -0.379 e. The molecule has 0 bridgehead atoms. The fraction of sp³-hybridized carbons (Fsp3) is 1.00. The highest BCUT2D eigenvalue weighted by Crippen LogP contribution is 2.48. The lowest BCUT2D eigenvalue weighted by Crippen LogP contribution is -2.57.